The first-order valence-corrected chi connectivity index (χ1v) is 6.80. The van der Waals surface area contributed by atoms with E-state index in [9.17, 15) is 17.6 Å². The van der Waals surface area contributed by atoms with Crippen LogP contribution in [0.5, 0.6) is 0 Å². The zero-order valence-electron chi connectivity index (χ0n) is 11.3. The third kappa shape index (κ3) is 3.91. The predicted octanol–water partition coefficient (Wildman–Crippen LogP) is 3.99. The van der Waals surface area contributed by atoms with Gasteiger partial charge in [0.25, 0.3) is 0 Å². The molecule has 1 aromatic rings. The average Bonchev–Trinajstić information content (AvgIpc) is 2.38. The van der Waals surface area contributed by atoms with E-state index in [1.165, 1.54) is 6.07 Å². The SMILES string of the molecule is CC(NC1CCCC(C(F)(F)F)C1)c1ccc(F)cn1. The van der Waals surface area contributed by atoms with Crippen LogP contribution in [0.3, 0.4) is 0 Å². The minimum absolute atomic E-state index is 0.106. The number of nitrogens with one attached hydrogen (secondary N) is 1. The van der Waals surface area contributed by atoms with Crippen LogP contribution in [-0.2, 0) is 0 Å². The molecule has 0 spiro atoms. The first-order valence-electron chi connectivity index (χ1n) is 6.80. The number of pyridine rings is 1. The van der Waals surface area contributed by atoms with Crippen molar-refractivity contribution in [1.82, 2.24) is 10.3 Å². The molecule has 2 rings (SSSR count). The van der Waals surface area contributed by atoms with Crippen molar-refractivity contribution in [2.45, 2.75) is 50.9 Å². The van der Waals surface area contributed by atoms with Crippen LogP contribution in [-0.4, -0.2) is 17.2 Å². The van der Waals surface area contributed by atoms with Gasteiger partial charge in [-0.2, -0.15) is 13.2 Å². The van der Waals surface area contributed by atoms with Crippen LogP contribution in [0.2, 0.25) is 0 Å². The highest BCUT2D eigenvalue weighted by molar-refractivity contribution is 5.09. The normalized spacial score (nSPS) is 25.4. The average molecular weight is 290 g/mol. The molecule has 1 N–H and O–H groups in total. The van der Waals surface area contributed by atoms with Crippen molar-refractivity contribution < 1.29 is 17.6 Å². The monoisotopic (exact) mass is 290 g/mol. The lowest BCUT2D eigenvalue weighted by Crippen LogP contribution is -2.40. The molecule has 0 aliphatic heterocycles. The Bertz CT molecular complexity index is 430. The number of hydrogen-bond acceptors (Lipinski definition) is 2. The Hall–Kier alpha value is -1.17. The minimum atomic E-state index is -4.11. The van der Waals surface area contributed by atoms with E-state index < -0.39 is 17.9 Å². The Balaban J connectivity index is 1.94. The van der Waals surface area contributed by atoms with Crippen LogP contribution >= 0.6 is 0 Å². The maximum Gasteiger partial charge on any atom is 0.391 e. The summed E-state index contributed by atoms with van der Waals surface area (Å²) in [5.74, 6) is -1.64. The lowest BCUT2D eigenvalue weighted by molar-refractivity contribution is -0.183. The Morgan fingerprint density at radius 1 is 1.30 bits per heavy atom. The van der Waals surface area contributed by atoms with Crippen LogP contribution in [0.4, 0.5) is 17.6 Å². The van der Waals surface area contributed by atoms with Crippen molar-refractivity contribution in [3.05, 3.63) is 29.8 Å². The minimum Gasteiger partial charge on any atom is -0.306 e. The second kappa shape index (κ2) is 6.08. The van der Waals surface area contributed by atoms with E-state index in [1.807, 2.05) is 6.92 Å². The van der Waals surface area contributed by atoms with Gasteiger partial charge in [0, 0.05) is 12.1 Å². The molecule has 3 unspecified atom stereocenters. The Morgan fingerprint density at radius 3 is 2.65 bits per heavy atom. The van der Waals surface area contributed by atoms with Crippen molar-refractivity contribution >= 4 is 0 Å². The number of hydrogen-bond donors (Lipinski definition) is 1. The van der Waals surface area contributed by atoms with Crippen LogP contribution in [0.25, 0.3) is 0 Å². The molecular weight excluding hydrogens is 272 g/mol. The number of rotatable bonds is 3. The van der Waals surface area contributed by atoms with Gasteiger partial charge < -0.3 is 5.32 Å². The van der Waals surface area contributed by atoms with Crippen molar-refractivity contribution in [1.29, 1.82) is 0 Å². The fourth-order valence-electron chi connectivity index (χ4n) is 2.72. The summed E-state index contributed by atoms with van der Waals surface area (Å²) in [4.78, 5) is 3.95. The summed E-state index contributed by atoms with van der Waals surface area (Å²) in [7, 11) is 0. The summed E-state index contributed by atoms with van der Waals surface area (Å²) in [6, 6.07) is 2.50. The van der Waals surface area contributed by atoms with Crippen LogP contribution in [0, 0.1) is 11.7 Å². The van der Waals surface area contributed by atoms with Crippen LogP contribution in [0.1, 0.15) is 44.3 Å². The second-order valence-corrected chi connectivity index (χ2v) is 5.39. The van der Waals surface area contributed by atoms with Gasteiger partial charge >= 0.3 is 6.18 Å². The molecule has 0 saturated heterocycles. The van der Waals surface area contributed by atoms with Gasteiger partial charge in [-0.05, 0) is 38.3 Å². The van der Waals surface area contributed by atoms with E-state index >= 15 is 0 Å². The zero-order chi connectivity index (χ0) is 14.8. The van der Waals surface area contributed by atoms with Gasteiger partial charge in [0.15, 0.2) is 0 Å². The van der Waals surface area contributed by atoms with E-state index in [4.69, 9.17) is 0 Å². The molecule has 1 aromatic heterocycles. The topological polar surface area (TPSA) is 24.9 Å². The maximum absolute atomic E-state index is 12.8. The van der Waals surface area contributed by atoms with Gasteiger partial charge in [0.2, 0.25) is 0 Å². The zero-order valence-corrected chi connectivity index (χ0v) is 11.3. The standard InChI is InChI=1S/C14H18F4N2/c1-9(13-6-5-11(15)8-19-13)20-12-4-2-3-10(7-12)14(16,17)18/h5-6,8-10,12,20H,2-4,7H2,1H3. The van der Waals surface area contributed by atoms with Crippen molar-refractivity contribution in [3.63, 3.8) is 0 Å². The molecule has 3 atom stereocenters. The molecular formula is C14H18F4N2. The summed E-state index contributed by atoms with van der Waals surface area (Å²) in [6.07, 6.45) is -1.37. The first kappa shape index (κ1) is 15.2. The highest BCUT2D eigenvalue weighted by Crippen LogP contribution is 2.37. The summed E-state index contributed by atoms with van der Waals surface area (Å²) < 4.78 is 51.0. The summed E-state index contributed by atoms with van der Waals surface area (Å²) in [5, 5.41) is 3.17. The molecule has 2 nitrogen and oxygen atoms in total. The molecule has 1 aliphatic rings. The molecule has 0 amide bonds. The van der Waals surface area contributed by atoms with E-state index in [0.29, 0.717) is 12.1 Å². The van der Waals surface area contributed by atoms with Crippen molar-refractivity contribution in [2.75, 3.05) is 0 Å². The Kier molecular flexibility index (Phi) is 4.62. The third-order valence-corrected chi connectivity index (χ3v) is 3.82. The molecule has 1 aliphatic carbocycles. The number of alkyl halides is 3. The largest absolute Gasteiger partial charge is 0.391 e. The van der Waals surface area contributed by atoms with Gasteiger partial charge in [-0.15, -0.1) is 0 Å². The molecule has 112 valence electrons. The van der Waals surface area contributed by atoms with Crippen LogP contribution in [0.15, 0.2) is 18.3 Å². The number of aromatic nitrogens is 1. The highest BCUT2D eigenvalue weighted by atomic mass is 19.4. The Labute approximate surface area is 115 Å². The molecule has 0 aromatic carbocycles. The third-order valence-electron chi connectivity index (χ3n) is 3.82. The van der Waals surface area contributed by atoms with Gasteiger partial charge in [-0.1, -0.05) is 6.42 Å². The van der Waals surface area contributed by atoms with E-state index in [0.717, 1.165) is 12.6 Å². The molecule has 20 heavy (non-hydrogen) atoms. The van der Waals surface area contributed by atoms with Crippen molar-refractivity contribution in [2.24, 2.45) is 5.92 Å². The molecule has 0 bridgehead atoms. The fourth-order valence-corrected chi connectivity index (χ4v) is 2.72. The molecule has 1 heterocycles. The number of halogens is 4. The first-order chi connectivity index (χ1) is 9.36. The van der Waals surface area contributed by atoms with Crippen LogP contribution < -0.4 is 5.32 Å². The van der Waals surface area contributed by atoms with Gasteiger partial charge in [-0.25, -0.2) is 4.39 Å². The van der Waals surface area contributed by atoms with Crippen molar-refractivity contribution in [3.8, 4) is 0 Å². The second-order valence-electron chi connectivity index (χ2n) is 5.39. The predicted molar refractivity (Wildman–Crippen MR) is 67.5 cm³/mol. The molecule has 6 heteroatoms. The Morgan fingerprint density at radius 2 is 2.05 bits per heavy atom. The van der Waals surface area contributed by atoms with Gasteiger partial charge in [-0.3, -0.25) is 4.98 Å². The quantitative estimate of drug-likeness (QED) is 0.851. The summed E-state index contributed by atoms with van der Waals surface area (Å²) in [5.41, 5.74) is 0.639. The van der Waals surface area contributed by atoms with Gasteiger partial charge in [0.05, 0.1) is 17.8 Å². The lowest BCUT2D eigenvalue weighted by atomic mass is 9.85. The van der Waals surface area contributed by atoms with E-state index in [2.05, 4.69) is 10.3 Å². The number of nitrogens with zero attached hydrogens (tertiary/aromatic N) is 1. The summed E-state index contributed by atoms with van der Waals surface area (Å²) in [6.45, 7) is 1.83. The van der Waals surface area contributed by atoms with E-state index in [-0.39, 0.29) is 24.9 Å². The fraction of sp³-hybridized carbons (Fsp3) is 0.643. The summed E-state index contributed by atoms with van der Waals surface area (Å²) >= 11 is 0. The van der Waals surface area contributed by atoms with E-state index in [1.54, 1.807) is 6.07 Å². The smallest absolute Gasteiger partial charge is 0.306 e. The highest BCUT2D eigenvalue weighted by Gasteiger charge is 2.42. The molecule has 0 radical (unpaired) electrons. The maximum atomic E-state index is 12.8. The lowest BCUT2D eigenvalue weighted by Gasteiger charge is -2.32. The molecule has 1 saturated carbocycles. The molecule has 1 fully saturated rings. The van der Waals surface area contributed by atoms with Gasteiger partial charge in [0.1, 0.15) is 5.82 Å².